The van der Waals surface area contributed by atoms with Gasteiger partial charge < -0.3 is 4.74 Å². The number of hydrogen-bond donors (Lipinski definition) is 1. The van der Waals surface area contributed by atoms with Gasteiger partial charge in [0, 0.05) is 5.71 Å². The van der Waals surface area contributed by atoms with Crippen LogP contribution in [0.1, 0.15) is 13.3 Å². The Hall–Kier alpha value is -1.84. The van der Waals surface area contributed by atoms with Crippen molar-refractivity contribution in [2.24, 2.45) is 5.10 Å². The van der Waals surface area contributed by atoms with Crippen LogP contribution in [0.3, 0.4) is 0 Å². The Morgan fingerprint density at radius 3 is 2.67 bits per heavy atom. The van der Waals surface area contributed by atoms with Crippen LogP contribution in [0.25, 0.3) is 0 Å². The van der Waals surface area contributed by atoms with Gasteiger partial charge in [0.15, 0.2) is 0 Å². The molecule has 0 saturated carbocycles. The van der Waals surface area contributed by atoms with E-state index in [-0.39, 0.29) is 12.4 Å². The van der Waals surface area contributed by atoms with Gasteiger partial charge in [-0.3, -0.25) is 10.2 Å². The number of para-hydroxylation sites is 1. The molecule has 15 heavy (non-hydrogen) atoms. The third-order valence-corrected chi connectivity index (χ3v) is 1.78. The van der Waals surface area contributed by atoms with E-state index in [0.717, 1.165) is 5.69 Å². The fraction of sp³-hybridized carbons (Fsp3) is 0.273. The van der Waals surface area contributed by atoms with Crippen LogP contribution in [0.2, 0.25) is 0 Å². The third-order valence-electron chi connectivity index (χ3n) is 1.78. The minimum Gasteiger partial charge on any atom is -0.469 e. The van der Waals surface area contributed by atoms with Gasteiger partial charge in [0.2, 0.25) is 0 Å². The number of anilines is 1. The summed E-state index contributed by atoms with van der Waals surface area (Å²) < 4.78 is 4.53. The predicted octanol–water partition coefficient (Wildman–Crippen LogP) is 2.04. The minimum absolute atomic E-state index is 0.205. The third kappa shape index (κ3) is 4.26. The molecule has 1 aromatic carbocycles. The predicted molar refractivity (Wildman–Crippen MR) is 59.8 cm³/mol. The van der Waals surface area contributed by atoms with Crippen LogP contribution >= 0.6 is 0 Å². The van der Waals surface area contributed by atoms with Gasteiger partial charge in [0.25, 0.3) is 0 Å². The molecule has 0 bridgehead atoms. The maximum absolute atomic E-state index is 10.9. The van der Waals surface area contributed by atoms with Gasteiger partial charge >= 0.3 is 5.97 Å². The Kier molecular flexibility index (Phi) is 4.34. The van der Waals surface area contributed by atoms with E-state index in [1.165, 1.54) is 7.11 Å². The van der Waals surface area contributed by atoms with E-state index < -0.39 is 0 Å². The molecule has 0 unspecified atom stereocenters. The number of nitrogens with one attached hydrogen (secondary N) is 1. The molecule has 0 spiro atoms. The summed E-state index contributed by atoms with van der Waals surface area (Å²) >= 11 is 0. The summed E-state index contributed by atoms with van der Waals surface area (Å²) in [5.74, 6) is -0.286. The number of ether oxygens (including phenoxy) is 1. The lowest BCUT2D eigenvalue weighted by atomic mass is 10.3. The molecule has 0 fully saturated rings. The SMILES string of the molecule is COC(=O)CC(C)=NNc1ccccc1. The average Bonchev–Trinajstić information content (AvgIpc) is 2.27. The largest absolute Gasteiger partial charge is 0.469 e. The first-order valence-corrected chi connectivity index (χ1v) is 4.63. The number of esters is 1. The Morgan fingerprint density at radius 2 is 2.07 bits per heavy atom. The van der Waals surface area contributed by atoms with E-state index in [9.17, 15) is 4.79 Å². The number of methoxy groups -OCH3 is 1. The summed E-state index contributed by atoms with van der Waals surface area (Å²) in [6.45, 7) is 1.77. The second-order valence-electron chi connectivity index (χ2n) is 3.08. The first-order chi connectivity index (χ1) is 7.22. The molecule has 1 rings (SSSR count). The van der Waals surface area contributed by atoms with Crippen molar-refractivity contribution in [2.45, 2.75) is 13.3 Å². The zero-order valence-corrected chi connectivity index (χ0v) is 8.86. The molecule has 4 heteroatoms. The van der Waals surface area contributed by atoms with Crippen LogP contribution in [0, 0.1) is 0 Å². The standard InChI is InChI=1S/C11H14N2O2/c1-9(8-11(14)15-2)12-13-10-6-4-3-5-7-10/h3-7,13H,8H2,1-2H3. The van der Waals surface area contributed by atoms with E-state index in [0.29, 0.717) is 5.71 Å². The van der Waals surface area contributed by atoms with Gasteiger partial charge in [-0.05, 0) is 19.1 Å². The molecule has 0 heterocycles. The first kappa shape index (κ1) is 11.2. The summed E-state index contributed by atoms with van der Waals surface area (Å²) in [5.41, 5.74) is 4.43. The fourth-order valence-corrected chi connectivity index (χ4v) is 0.993. The average molecular weight is 206 g/mol. The summed E-state index contributed by atoms with van der Waals surface area (Å²) in [4.78, 5) is 10.9. The van der Waals surface area contributed by atoms with Crippen molar-refractivity contribution >= 4 is 17.4 Å². The lowest BCUT2D eigenvalue weighted by Gasteiger charge is -2.02. The molecule has 1 N–H and O–H groups in total. The molecule has 0 aliphatic heterocycles. The van der Waals surface area contributed by atoms with Crippen molar-refractivity contribution in [3.05, 3.63) is 30.3 Å². The molecule has 0 aliphatic carbocycles. The van der Waals surface area contributed by atoms with Gasteiger partial charge in [0.05, 0.1) is 19.2 Å². The zero-order valence-electron chi connectivity index (χ0n) is 8.86. The Morgan fingerprint density at radius 1 is 1.40 bits per heavy atom. The topological polar surface area (TPSA) is 50.7 Å². The Balaban J connectivity index is 2.47. The number of benzene rings is 1. The van der Waals surface area contributed by atoms with Crippen LogP contribution in [-0.4, -0.2) is 18.8 Å². The van der Waals surface area contributed by atoms with Crippen LogP contribution in [-0.2, 0) is 9.53 Å². The molecular formula is C11H14N2O2. The quantitative estimate of drug-likeness (QED) is 0.466. The van der Waals surface area contributed by atoms with Crippen molar-refractivity contribution in [1.82, 2.24) is 0 Å². The summed E-state index contributed by atoms with van der Waals surface area (Å²) in [6, 6.07) is 9.54. The highest BCUT2D eigenvalue weighted by molar-refractivity contribution is 5.97. The molecule has 1 aromatic rings. The summed E-state index contributed by atoms with van der Waals surface area (Å²) in [7, 11) is 1.36. The van der Waals surface area contributed by atoms with Crippen molar-refractivity contribution < 1.29 is 9.53 Å². The summed E-state index contributed by atoms with van der Waals surface area (Å²) in [6.07, 6.45) is 0.205. The van der Waals surface area contributed by atoms with E-state index in [1.54, 1.807) is 6.92 Å². The molecule has 0 saturated heterocycles. The van der Waals surface area contributed by atoms with Gasteiger partial charge in [-0.15, -0.1) is 0 Å². The molecule has 4 nitrogen and oxygen atoms in total. The normalized spacial score (nSPS) is 10.9. The fourth-order valence-electron chi connectivity index (χ4n) is 0.993. The van der Waals surface area contributed by atoms with Crippen molar-refractivity contribution in [3.63, 3.8) is 0 Å². The number of hydrogen-bond acceptors (Lipinski definition) is 4. The van der Waals surface area contributed by atoms with Gasteiger partial charge in [-0.1, -0.05) is 18.2 Å². The van der Waals surface area contributed by atoms with Crippen LogP contribution < -0.4 is 5.43 Å². The summed E-state index contributed by atoms with van der Waals surface area (Å²) in [5, 5.41) is 4.05. The molecule has 0 atom stereocenters. The highest BCUT2D eigenvalue weighted by Gasteiger charge is 2.01. The van der Waals surface area contributed by atoms with Gasteiger partial charge in [-0.25, -0.2) is 0 Å². The van der Waals surface area contributed by atoms with Crippen molar-refractivity contribution in [2.75, 3.05) is 12.5 Å². The van der Waals surface area contributed by atoms with E-state index >= 15 is 0 Å². The van der Waals surface area contributed by atoms with Gasteiger partial charge in [0.1, 0.15) is 0 Å². The zero-order chi connectivity index (χ0) is 11.1. The Labute approximate surface area is 88.9 Å². The van der Waals surface area contributed by atoms with E-state index in [2.05, 4.69) is 15.3 Å². The number of nitrogens with zero attached hydrogens (tertiary/aromatic N) is 1. The molecular weight excluding hydrogens is 192 g/mol. The molecule has 0 radical (unpaired) electrons. The van der Waals surface area contributed by atoms with Gasteiger partial charge in [-0.2, -0.15) is 5.10 Å². The van der Waals surface area contributed by atoms with E-state index in [1.807, 2.05) is 30.3 Å². The van der Waals surface area contributed by atoms with E-state index in [4.69, 9.17) is 0 Å². The lowest BCUT2D eigenvalue weighted by molar-refractivity contribution is -0.139. The number of carbonyl (C=O) groups is 1. The van der Waals surface area contributed by atoms with Crippen LogP contribution in [0.4, 0.5) is 5.69 Å². The smallest absolute Gasteiger partial charge is 0.311 e. The minimum atomic E-state index is -0.286. The van der Waals surface area contributed by atoms with Crippen LogP contribution in [0.5, 0.6) is 0 Å². The lowest BCUT2D eigenvalue weighted by Crippen LogP contribution is -2.07. The first-order valence-electron chi connectivity index (χ1n) is 4.63. The molecule has 80 valence electrons. The molecule has 0 aromatic heterocycles. The second-order valence-corrected chi connectivity index (χ2v) is 3.08. The number of carbonyl (C=O) groups excluding carboxylic acids is 1. The monoisotopic (exact) mass is 206 g/mol. The number of rotatable bonds is 4. The second kappa shape index (κ2) is 5.80. The Bertz CT molecular complexity index is 347. The highest BCUT2D eigenvalue weighted by Crippen LogP contribution is 2.04. The number of hydrazone groups is 1. The van der Waals surface area contributed by atoms with Crippen LogP contribution in [0.15, 0.2) is 35.4 Å². The molecule has 0 amide bonds. The van der Waals surface area contributed by atoms with Crippen molar-refractivity contribution in [3.8, 4) is 0 Å². The maximum atomic E-state index is 10.9. The maximum Gasteiger partial charge on any atom is 0.311 e. The van der Waals surface area contributed by atoms with Crippen molar-refractivity contribution in [1.29, 1.82) is 0 Å². The molecule has 0 aliphatic rings. The highest BCUT2D eigenvalue weighted by atomic mass is 16.5.